The number of rotatable bonds is 11. The summed E-state index contributed by atoms with van der Waals surface area (Å²) in [5, 5.41) is 44.2. The Hall–Kier alpha value is -7.25. The largest absolute Gasteiger partial charge is 1.00 e. The zero-order chi connectivity index (χ0) is 64.1. The second-order valence-corrected chi connectivity index (χ2v) is 19.0. The number of carbonyl (C=O) groups excluding carboxylic acids is 1. The monoisotopic (exact) mass is 1510 g/mol. The standard InChI is InChI=1S/C30H15F3N6O3.C24H10F6I2N2O3.C3H2N2.CH2O3.2K.H/c1-16-3-5-17(6-4-16)24-26(41-28(38-24)19(13-34)14-35)22-11-12-23(40-22)27-25(39-29(42-27)21(15-36)37-2)18-7-9-20(10-8-18)30(31,32)33;25-23(26,27)13-5-1-11(2-6-13)17-19(36-21(31)33-17)15-9-10-16(35-15)20-18(34-22(32)37-20)12-3-7-14(8-4-12)24(28,29)30;1-5-3-2-4;2-1-4-3;;;/h3-12,19,21H,1H3;1-10H;3H2;1,3H;;;/q;;;;2*+1;-1/p-1. The first kappa shape index (κ1) is 73.5. The minimum absolute atomic E-state index is 0. The third-order valence-corrected chi connectivity index (χ3v) is 12.5. The molecule has 0 radical (unpaired) electrons. The number of furan rings is 2. The van der Waals surface area contributed by atoms with Crippen LogP contribution in [0.1, 0.15) is 47.4 Å². The van der Waals surface area contributed by atoms with Crippen LogP contribution in [-0.2, 0) is 28.2 Å². The van der Waals surface area contributed by atoms with Crippen molar-refractivity contribution in [3.63, 3.8) is 0 Å². The first-order chi connectivity index (χ1) is 41.9. The van der Waals surface area contributed by atoms with E-state index in [0.717, 1.165) is 42.0 Å². The van der Waals surface area contributed by atoms with Gasteiger partial charge in [0.15, 0.2) is 52.2 Å². The van der Waals surface area contributed by atoms with E-state index in [1.54, 1.807) is 36.4 Å². The van der Waals surface area contributed by atoms with Crippen LogP contribution in [0.4, 0.5) is 39.5 Å². The molecule has 10 rings (SSSR count). The van der Waals surface area contributed by atoms with Gasteiger partial charge in [-0.1, -0.05) is 66.2 Å². The Morgan fingerprint density at radius 2 is 0.844 bits per heavy atom. The molecule has 444 valence electrons. The van der Waals surface area contributed by atoms with Crippen molar-refractivity contribution in [2.24, 2.45) is 0 Å². The molecule has 0 bridgehead atoms. The number of nitriles is 4. The van der Waals surface area contributed by atoms with E-state index in [4.69, 9.17) is 55.0 Å². The number of benzene rings is 4. The number of nitrogens with zero attached hydrogens (tertiary/aromatic N) is 10. The van der Waals surface area contributed by atoms with E-state index in [-0.39, 0.29) is 206 Å². The van der Waals surface area contributed by atoms with Crippen LogP contribution < -0.4 is 108 Å². The average Bonchev–Trinajstić information content (AvgIpc) is 1.68. The zero-order valence-corrected chi connectivity index (χ0v) is 56.4. The van der Waals surface area contributed by atoms with Gasteiger partial charge in [0.2, 0.25) is 11.8 Å². The number of carbonyl (C=O) groups is 1. The molecule has 0 aliphatic heterocycles. The number of hydrogen-bond acceptors (Lipinski definition) is 17. The van der Waals surface area contributed by atoms with Gasteiger partial charge in [0, 0.05) is 67.4 Å². The van der Waals surface area contributed by atoms with Crippen molar-refractivity contribution in [1.82, 2.24) is 19.9 Å². The molecule has 0 spiro atoms. The summed E-state index contributed by atoms with van der Waals surface area (Å²) in [6, 6.07) is 32.1. The minimum Gasteiger partial charge on any atom is -1.00 e. The quantitative estimate of drug-likeness (QED) is 0.0170. The van der Waals surface area contributed by atoms with E-state index in [0.29, 0.717) is 22.4 Å². The summed E-state index contributed by atoms with van der Waals surface area (Å²) in [5.74, 6) is -0.620. The van der Waals surface area contributed by atoms with Gasteiger partial charge in [0.1, 0.15) is 28.8 Å². The Morgan fingerprint density at radius 3 is 1.12 bits per heavy atom. The Morgan fingerprint density at radius 1 is 0.533 bits per heavy atom. The Kier molecular flexibility index (Phi) is 26.7. The van der Waals surface area contributed by atoms with Crippen molar-refractivity contribution in [3.05, 3.63) is 186 Å². The number of hydrogen-bond donors (Lipinski definition) is 0. The number of alkyl halides is 9. The maximum Gasteiger partial charge on any atom is 1.00 e. The third-order valence-electron chi connectivity index (χ3n) is 11.6. The van der Waals surface area contributed by atoms with Crippen molar-refractivity contribution >= 4 is 51.7 Å². The number of aryl methyl sites for hydroxylation is 1. The number of oxazole rings is 4. The van der Waals surface area contributed by atoms with Gasteiger partial charge >= 0.3 is 127 Å². The minimum atomic E-state index is -4.55. The molecule has 90 heavy (non-hydrogen) atoms. The molecular weight excluding hydrogens is 1480 g/mol. The molecule has 19 nitrogen and oxygen atoms in total. The molecule has 32 heteroatoms. The average molecular weight is 1510 g/mol. The van der Waals surface area contributed by atoms with E-state index in [1.807, 2.05) is 76.4 Å². The van der Waals surface area contributed by atoms with Gasteiger partial charge in [0.05, 0.1) is 28.8 Å². The first-order valence-corrected chi connectivity index (χ1v) is 26.2. The van der Waals surface area contributed by atoms with Gasteiger partial charge in [-0.15, -0.1) is 0 Å². The Bertz CT molecular complexity index is 4220. The summed E-state index contributed by atoms with van der Waals surface area (Å²) in [5.41, 5.74) is 1.03. The molecule has 0 N–H and O–H groups in total. The van der Waals surface area contributed by atoms with Crippen molar-refractivity contribution in [2.45, 2.75) is 37.4 Å². The van der Waals surface area contributed by atoms with Gasteiger partial charge in [-0.25, -0.2) is 33.1 Å². The summed E-state index contributed by atoms with van der Waals surface area (Å²) in [6.07, 6.45) is -13.5. The third kappa shape index (κ3) is 18.3. The molecular formula is C58H29F9I2K2N10O9. The molecule has 0 fully saturated rings. The molecule has 0 aliphatic carbocycles. The molecule has 1 unspecified atom stereocenters. The van der Waals surface area contributed by atoms with Crippen molar-refractivity contribution < 1.29 is 185 Å². The second-order valence-electron chi connectivity index (χ2n) is 17.2. The van der Waals surface area contributed by atoms with Crippen LogP contribution in [0.3, 0.4) is 0 Å². The molecule has 10 aromatic rings. The fourth-order valence-electron chi connectivity index (χ4n) is 7.59. The molecule has 0 amide bonds. The number of halogens is 11. The second kappa shape index (κ2) is 32.7. The van der Waals surface area contributed by atoms with Crippen LogP contribution in [-0.4, -0.2) is 33.0 Å². The zero-order valence-electron chi connectivity index (χ0n) is 46.8. The van der Waals surface area contributed by atoms with E-state index in [2.05, 4.69) is 34.5 Å². The molecule has 4 aromatic carbocycles. The topological polar surface area (TPSA) is 284 Å². The van der Waals surface area contributed by atoms with Crippen LogP contribution >= 0.6 is 45.2 Å². The van der Waals surface area contributed by atoms with Crippen LogP contribution in [0, 0.1) is 73.2 Å². The summed E-state index contributed by atoms with van der Waals surface area (Å²) in [6.45, 7) is 15.0. The van der Waals surface area contributed by atoms with Gasteiger partial charge < -0.3 is 42.9 Å². The molecule has 1 atom stereocenters. The summed E-state index contributed by atoms with van der Waals surface area (Å²) >= 11 is 3.67. The normalized spacial score (nSPS) is 11.1. The van der Waals surface area contributed by atoms with Crippen LogP contribution in [0.25, 0.3) is 101 Å². The number of aromatic nitrogens is 4. The van der Waals surface area contributed by atoms with Crippen LogP contribution in [0.2, 0.25) is 0 Å². The molecule has 6 aromatic heterocycles. The summed E-state index contributed by atoms with van der Waals surface area (Å²) in [4.78, 5) is 34.4. The summed E-state index contributed by atoms with van der Waals surface area (Å²) in [7, 11) is 0. The van der Waals surface area contributed by atoms with Crippen molar-refractivity contribution in [1.29, 1.82) is 21.0 Å². The van der Waals surface area contributed by atoms with Crippen molar-refractivity contribution in [2.75, 3.05) is 6.54 Å². The van der Waals surface area contributed by atoms with Gasteiger partial charge in [-0.05, 0) is 67.6 Å². The molecule has 0 aliphatic rings. The predicted molar refractivity (Wildman–Crippen MR) is 301 cm³/mol. The fraction of sp³-hybridized carbons (Fsp3) is 0.121. The Balaban J connectivity index is 0.000000334. The predicted octanol–water partition coefficient (Wildman–Crippen LogP) is 10.0. The van der Waals surface area contributed by atoms with E-state index < -0.39 is 47.2 Å². The van der Waals surface area contributed by atoms with E-state index in [9.17, 15) is 55.3 Å². The SMILES string of the molecule is FC(F)(F)c1ccc(-c2nc(I)oc2-c2ccc(-c3oc(I)nc3-c3ccc(C(F)(F)F)cc3)o2)cc1.O=CO[O-].[C-]#[N+]C(C#N)c1nc(-c2ccc(C(F)(F)F)cc2)c(-c2ccc(-c3oc(C(C#N)C#N)nc3-c3ccc(C)cc3)o2)o1.[C-]#[N+]CC#N.[H-].[K+].[K+]. The van der Waals surface area contributed by atoms with Crippen LogP contribution in [0.5, 0.6) is 0 Å². The molecule has 0 saturated carbocycles. The Labute approximate surface area is 615 Å². The molecule has 0 saturated heterocycles. The maximum atomic E-state index is 13.1. The smallest absolute Gasteiger partial charge is 1.00 e. The van der Waals surface area contributed by atoms with E-state index >= 15 is 0 Å². The van der Waals surface area contributed by atoms with Gasteiger partial charge in [-0.2, -0.15) is 60.6 Å². The fourth-order valence-corrected chi connectivity index (χ4v) is 8.52. The van der Waals surface area contributed by atoms with Gasteiger partial charge in [-0.3, -0.25) is 9.64 Å². The van der Waals surface area contributed by atoms with Crippen LogP contribution in [0.15, 0.2) is 148 Å². The summed E-state index contributed by atoms with van der Waals surface area (Å²) < 4.78 is 152. The van der Waals surface area contributed by atoms with Gasteiger partial charge in [0.25, 0.3) is 26.7 Å². The first-order valence-electron chi connectivity index (χ1n) is 24.0. The van der Waals surface area contributed by atoms with Crippen molar-refractivity contribution in [3.8, 4) is 115 Å². The maximum absolute atomic E-state index is 13.1. The molecule has 6 heterocycles. The van der Waals surface area contributed by atoms with E-state index in [1.165, 1.54) is 48.5 Å².